The second-order valence-electron chi connectivity index (χ2n) is 3.77. The van der Waals surface area contributed by atoms with Gasteiger partial charge in [-0.15, -0.1) is 0 Å². The Labute approximate surface area is 94.7 Å². The van der Waals surface area contributed by atoms with E-state index in [1.54, 1.807) is 18.9 Å². The summed E-state index contributed by atoms with van der Waals surface area (Å²) in [5, 5.41) is 2.97. The SMILES string of the molecule is CNCCOCCN(C)c1c(C)c(=O)c1=O. The van der Waals surface area contributed by atoms with Crippen molar-refractivity contribution in [3.8, 4) is 0 Å². The molecule has 0 unspecified atom stereocenters. The minimum absolute atomic E-state index is 0.363. The molecular formula is C11H18N2O3. The lowest BCUT2D eigenvalue weighted by Gasteiger charge is -2.21. The molecule has 16 heavy (non-hydrogen) atoms. The first-order valence-corrected chi connectivity index (χ1v) is 5.33. The summed E-state index contributed by atoms with van der Waals surface area (Å²) < 4.78 is 5.34. The molecule has 0 aliphatic carbocycles. The molecule has 1 aromatic carbocycles. The number of rotatable bonds is 7. The van der Waals surface area contributed by atoms with Gasteiger partial charge in [-0.3, -0.25) is 9.59 Å². The quantitative estimate of drug-likeness (QED) is 0.490. The van der Waals surface area contributed by atoms with Crippen molar-refractivity contribution in [1.82, 2.24) is 5.32 Å². The molecule has 90 valence electrons. The van der Waals surface area contributed by atoms with Crippen molar-refractivity contribution in [3.63, 3.8) is 0 Å². The van der Waals surface area contributed by atoms with Crippen LogP contribution in [0.4, 0.5) is 5.69 Å². The van der Waals surface area contributed by atoms with Gasteiger partial charge in [-0.1, -0.05) is 0 Å². The molecule has 0 spiro atoms. The van der Waals surface area contributed by atoms with Crippen molar-refractivity contribution < 1.29 is 4.74 Å². The second-order valence-corrected chi connectivity index (χ2v) is 3.77. The standard InChI is InChI=1S/C11H18N2O3/c1-8-9(11(15)10(8)14)13(3)5-7-16-6-4-12-2/h12H,4-7H2,1-3H3. The monoisotopic (exact) mass is 226 g/mol. The molecule has 0 saturated carbocycles. The number of hydrogen-bond donors (Lipinski definition) is 1. The summed E-state index contributed by atoms with van der Waals surface area (Å²) in [6.45, 7) is 4.31. The molecule has 1 rings (SSSR count). The first-order chi connectivity index (χ1) is 7.59. The maximum absolute atomic E-state index is 11.2. The summed E-state index contributed by atoms with van der Waals surface area (Å²) in [5.74, 6) is 0. The van der Waals surface area contributed by atoms with Crippen LogP contribution >= 0.6 is 0 Å². The lowest BCUT2D eigenvalue weighted by Crippen LogP contribution is -2.42. The number of hydrogen-bond acceptors (Lipinski definition) is 5. The van der Waals surface area contributed by atoms with Gasteiger partial charge < -0.3 is 15.0 Å². The summed E-state index contributed by atoms with van der Waals surface area (Å²) >= 11 is 0. The van der Waals surface area contributed by atoms with E-state index < -0.39 is 0 Å². The predicted octanol–water partition coefficient (Wildman–Crippen LogP) is -0.737. The van der Waals surface area contributed by atoms with Crippen LogP contribution in [-0.4, -0.2) is 40.4 Å². The Bertz CT molecular complexity index is 407. The third-order valence-corrected chi connectivity index (χ3v) is 2.57. The van der Waals surface area contributed by atoms with E-state index in [0.717, 1.165) is 6.54 Å². The number of nitrogens with one attached hydrogen (secondary N) is 1. The van der Waals surface area contributed by atoms with E-state index >= 15 is 0 Å². The van der Waals surface area contributed by atoms with Crippen LogP contribution in [0.5, 0.6) is 0 Å². The molecule has 0 amide bonds. The Morgan fingerprint density at radius 3 is 2.50 bits per heavy atom. The van der Waals surface area contributed by atoms with Crippen molar-refractivity contribution in [2.45, 2.75) is 6.92 Å². The van der Waals surface area contributed by atoms with Gasteiger partial charge >= 0.3 is 0 Å². The van der Waals surface area contributed by atoms with Gasteiger partial charge in [0.2, 0.25) is 10.9 Å². The van der Waals surface area contributed by atoms with Gasteiger partial charge in [0.25, 0.3) is 0 Å². The first-order valence-electron chi connectivity index (χ1n) is 5.33. The van der Waals surface area contributed by atoms with Crippen LogP contribution < -0.4 is 21.1 Å². The molecule has 0 aliphatic heterocycles. The zero-order chi connectivity index (χ0) is 12.1. The van der Waals surface area contributed by atoms with E-state index in [4.69, 9.17) is 4.74 Å². The van der Waals surface area contributed by atoms with Gasteiger partial charge in [0, 0.05) is 25.7 Å². The van der Waals surface area contributed by atoms with E-state index in [9.17, 15) is 9.59 Å². The van der Waals surface area contributed by atoms with Crippen LogP contribution in [0.2, 0.25) is 0 Å². The highest BCUT2D eigenvalue weighted by Gasteiger charge is 2.19. The Morgan fingerprint density at radius 1 is 1.25 bits per heavy atom. The Hall–Kier alpha value is -1.20. The molecule has 0 atom stereocenters. The van der Waals surface area contributed by atoms with E-state index in [0.29, 0.717) is 31.0 Å². The van der Waals surface area contributed by atoms with Crippen molar-refractivity contribution in [2.75, 3.05) is 45.3 Å². The van der Waals surface area contributed by atoms with Gasteiger partial charge in [-0.25, -0.2) is 0 Å². The zero-order valence-corrected chi connectivity index (χ0v) is 10.0. The van der Waals surface area contributed by atoms with E-state index in [1.807, 2.05) is 7.05 Å². The number of anilines is 1. The molecule has 0 bridgehead atoms. The van der Waals surface area contributed by atoms with Crippen LogP contribution in [0.3, 0.4) is 0 Å². The van der Waals surface area contributed by atoms with Gasteiger partial charge in [0.15, 0.2) is 0 Å². The Kier molecular flexibility index (Phi) is 4.64. The molecule has 0 heterocycles. The van der Waals surface area contributed by atoms with Crippen LogP contribution in [0.15, 0.2) is 9.59 Å². The van der Waals surface area contributed by atoms with Crippen LogP contribution in [0.1, 0.15) is 5.56 Å². The lowest BCUT2D eigenvalue weighted by atomic mass is 10.1. The summed E-state index contributed by atoms with van der Waals surface area (Å²) in [4.78, 5) is 24.0. The second kappa shape index (κ2) is 5.77. The maximum atomic E-state index is 11.2. The smallest absolute Gasteiger partial charge is 0.249 e. The Morgan fingerprint density at radius 2 is 1.94 bits per heavy atom. The topological polar surface area (TPSA) is 58.6 Å². The molecule has 0 saturated heterocycles. The summed E-state index contributed by atoms with van der Waals surface area (Å²) in [6.07, 6.45) is 0. The number of ether oxygens (including phenoxy) is 1. The summed E-state index contributed by atoms with van der Waals surface area (Å²) in [6, 6.07) is 0. The molecule has 1 aromatic rings. The molecule has 0 aliphatic rings. The minimum atomic E-state index is -0.379. The Balaban J connectivity index is 2.34. The van der Waals surface area contributed by atoms with Gasteiger partial charge in [-0.2, -0.15) is 0 Å². The zero-order valence-electron chi connectivity index (χ0n) is 10.0. The largest absolute Gasteiger partial charge is 0.378 e. The highest BCUT2D eigenvalue weighted by atomic mass is 16.5. The predicted molar refractivity (Wildman–Crippen MR) is 64.1 cm³/mol. The van der Waals surface area contributed by atoms with Crippen molar-refractivity contribution in [3.05, 3.63) is 26.0 Å². The highest BCUT2D eigenvalue weighted by Crippen LogP contribution is 2.10. The first kappa shape index (κ1) is 12.9. The summed E-state index contributed by atoms with van der Waals surface area (Å²) in [5.41, 5.74) is 0.345. The van der Waals surface area contributed by atoms with E-state index in [-0.39, 0.29) is 10.9 Å². The highest BCUT2D eigenvalue weighted by molar-refractivity contribution is 5.57. The molecule has 5 heteroatoms. The lowest BCUT2D eigenvalue weighted by molar-refractivity contribution is 0.144. The minimum Gasteiger partial charge on any atom is -0.378 e. The fraction of sp³-hybridized carbons (Fsp3) is 0.636. The average Bonchev–Trinajstić information content (AvgIpc) is 2.28. The normalized spacial score (nSPS) is 10.9. The molecule has 0 fully saturated rings. The fourth-order valence-corrected chi connectivity index (χ4v) is 1.54. The van der Waals surface area contributed by atoms with Crippen LogP contribution in [0.25, 0.3) is 0 Å². The van der Waals surface area contributed by atoms with Crippen molar-refractivity contribution in [2.24, 2.45) is 0 Å². The fourth-order valence-electron chi connectivity index (χ4n) is 1.54. The van der Waals surface area contributed by atoms with E-state index in [1.165, 1.54) is 0 Å². The third-order valence-electron chi connectivity index (χ3n) is 2.57. The van der Waals surface area contributed by atoms with Gasteiger partial charge in [0.05, 0.1) is 18.9 Å². The van der Waals surface area contributed by atoms with E-state index in [2.05, 4.69) is 5.32 Å². The molecule has 0 aromatic heterocycles. The maximum Gasteiger partial charge on any atom is 0.249 e. The van der Waals surface area contributed by atoms with Gasteiger partial charge in [-0.05, 0) is 14.0 Å². The van der Waals surface area contributed by atoms with Crippen molar-refractivity contribution >= 4 is 5.69 Å². The average molecular weight is 226 g/mol. The van der Waals surface area contributed by atoms with Crippen LogP contribution in [-0.2, 0) is 4.74 Å². The van der Waals surface area contributed by atoms with Crippen LogP contribution in [0, 0.1) is 6.92 Å². The van der Waals surface area contributed by atoms with Crippen molar-refractivity contribution in [1.29, 1.82) is 0 Å². The van der Waals surface area contributed by atoms with Gasteiger partial charge in [0.1, 0.15) is 0 Å². The summed E-state index contributed by atoms with van der Waals surface area (Å²) in [7, 11) is 3.66. The number of likely N-dealkylation sites (N-methyl/N-ethyl adjacent to an activating group) is 2. The molecular weight excluding hydrogens is 208 g/mol. The molecule has 1 N–H and O–H groups in total. The number of nitrogens with zero attached hydrogens (tertiary/aromatic N) is 1. The molecule has 0 radical (unpaired) electrons. The third kappa shape index (κ3) is 2.68. The molecule has 5 nitrogen and oxygen atoms in total.